The molecule has 0 saturated heterocycles. The third-order valence-electron chi connectivity index (χ3n) is 6.93. The largest absolute Gasteiger partial charge is 0.481 e. The molecule has 1 aliphatic heterocycles. The molecule has 42 heavy (non-hydrogen) atoms. The zero-order chi connectivity index (χ0) is 30.4. The number of nitrogens with one attached hydrogen (secondary N) is 1. The van der Waals surface area contributed by atoms with Gasteiger partial charge in [0, 0.05) is 29.7 Å². The van der Waals surface area contributed by atoms with E-state index in [0.717, 1.165) is 21.2 Å². The van der Waals surface area contributed by atoms with Gasteiger partial charge in [-0.2, -0.15) is 0 Å². The van der Waals surface area contributed by atoms with Crippen LogP contribution in [0.1, 0.15) is 42.4 Å². The van der Waals surface area contributed by atoms with Crippen molar-refractivity contribution in [3.05, 3.63) is 87.9 Å². The van der Waals surface area contributed by atoms with Crippen molar-refractivity contribution in [2.75, 3.05) is 42.6 Å². The summed E-state index contributed by atoms with van der Waals surface area (Å²) in [5.74, 6) is -1.68. The number of rotatable bonds is 13. The number of aliphatic carboxylic acids is 1. The number of amides is 1. The summed E-state index contributed by atoms with van der Waals surface area (Å²) >= 11 is 3.46. The maximum Gasteiger partial charge on any atom is 0.303 e. The number of carbonyl (C=O) groups is 2. The van der Waals surface area contributed by atoms with Crippen LogP contribution >= 0.6 is 15.9 Å². The second-order valence-electron chi connectivity index (χ2n) is 10.4. The minimum atomic E-state index is -3.49. The van der Waals surface area contributed by atoms with Crippen molar-refractivity contribution in [2.24, 2.45) is 4.99 Å². The first-order valence-corrected chi connectivity index (χ1v) is 16.1. The summed E-state index contributed by atoms with van der Waals surface area (Å²) in [4.78, 5) is 31.2. The van der Waals surface area contributed by atoms with E-state index in [9.17, 15) is 18.0 Å². The van der Waals surface area contributed by atoms with E-state index in [0.29, 0.717) is 48.7 Å². The maximum atomic E-state index is 13.3. The highest BCUT2D eigenvalue weighted by Gasteiger charge is 2.35. The average Bonchev–Trinajstić information content (AvgIpc) is 3.25. The van der Waals surface area contributed by atoms with Crippen molar-refractivity contribution >= 4 is 60.6 Å². The Bertz CT molecular complexity index is 1570. The van der Waals surface area contributed by atoms with Gasteiger partial charge in [0.15, 0.2) is 0 Å². The highest BCUT2D eigenvalue weighted by Crippen LogP contribution is 2.38. The molecule has 0 fully saturated rings. The molecule has 0 spiro atoms. The second kappa shape index (κ2) is 13.6. The number of hydrogen-bond acceptors (Lipinski definition) is 6. The highest BCUT2D eigenvalue weighted by molar-refractivity contribution is 9.10. The Balaban J connectivity index is 1.74. The van der Waals surface area contributed by atoms with Crippen LogP contribution in [0.4, 0.5) is 17.1 Å². The quantitative estimate of drug-likeness (QED) is 0.237. The third-order valence-corrected chi connectivity index (χ3v) is 9.41. The molecule has 1 unspecified atom stereocenters. The fraction of sp³-hybridized carbons (Fsp3) is 0.323. The Morgan fingerprint density at radius 3 is 2.33 bits per heavy atom. The molecule has 0 aliphatic carbocycles. The third kappa shape index (κ3) is 7.64. The van der Waals surface area contributed by atoms with Crippen LogP contribution < -0.4 is 9.62 Å². The summed E-state index contributed by atoms with van der Waals surface area (Å²) in [7, 11) is 0.309. The van der Waals surface area contributed by atoms with Gasteiger partial charge >= 0.3 is 5.97 Å². The van der Waals surface area contributed by atoms with Crippen LogP contribution in [0, 0.1) is 0 Å². The minimum absolute atomic E-state index is 0.0272. The van der Waals surface area contributed by atoms with Gasteiger partial charge in [-0.15, -0.1) is 0 Å². The van der Waals surface area contributed by atoms with Crippen LogP contribution in [0.3, 0.4) is 0 Å². The summed E-state index contributed by atoms with van der Waals surface area (Å²) in [6.45, 7) is 2.74. The van der Waals surface area contributed by atoms with Crippen molar-refractivity contribution in [3.63, 3.8) is 0 Å². The lowest BCUT2D eigenvalue weighted by molar-refractivity contribution is -0.137. The number of halogens is 1. The molecule has 4 rings (SSSR count). The van der Waals surface area contributed by atoms with Gasteiger partial charge in [-0.05, 0) is 80.0 Å². The monoisotopic (exact) mass is 654 g/mol. The molecule has 9 nitrogen and oxygen atoms in total. The predicted molar refractivity (Wildman–Crippen MR) is 171 cm³/mol. The van der Waals surface area contributed by atoms with Gasteiger partial charge in [-0.25, -0.2) is 8.42 Å². The Morgan fingerprint density at radius 2 is 1.71 bits per heavy atom. The standard InChI is InChI=1S/C31H35BrN4O5S/c1-4-19-42(40,41)36(18-17-35(2)3)25-13-11-24(12-14-25)33-30(22-8-5-21(6-9-22)7-16-28(37)38)29-26-15-10-23(32)20-27(26)34-31(29)39/h5-6,8-15,20,29H,4,7,16-19H2,1-3H3,(H,34,39)(H,37,38). The summed E-state index contributed by atoms with van der Waals surface area (Å²) in [6.07, 6.45) is 0.943. The smallest absolute Gasteiger partial charge is 0.303 e. The molecule has 222 valence electrons. The fourth-order valence-corrected chi connectivity index (χ4v) is 6.72. The maximum absolute atomic E-state index is 13.3. The number of carbonyl (C=O) groups excluding carboxylic acids is 1. The van der Waals surface area contributed by atoms with Crippen molar-refractivity contribution in [1.29, 1.82) is 0 Å². The molecule has 1 heterocycles. The van der Waals surface area contributed by atoms with Crippen LogP contribution in [0.5, 0.6) is 0 Å². The molecule has 0 saturated carbocycles. The lowest BCUT2D eigenvalue weighted by Crippen LogP contribution is -2.38. The fourth-order valence-electron chi connectivity index (χ4n) is 4.82. The first kappa shape index (κ1) is 31.4. The Hall–Kier alpha value is -3.54. The van der Waals surface area contributed by atoms with Crippen LogP contribution in [-0.4, -0.2) is 69.0 Å². The van der Waals surface area contributed by atoms with E-state index in [1.807, 2.05) is 68.4 Å². The van der Waals surface area contributed by atoms with Gasteiger partial charge in [-0.3, -0.25) is 18.9 Å². The number of nitrogens with zero attached hydrogens (tertiary/aromatic N) is 3. The number of aryl methyl sites for hydroxylation is 1. The molecule has 0 bridgehead atoms. The van der Waals surface area contributed by atoms with E-state index in [1.165, 1.54) is 4.31 Å². The van der Waals surface area contributed by atoms with Gasteiger partial charge in [0.25, 0.3) is 0 Å². The summed E-state index contributed by atoms with van der Waals surface area (Å²) in [5, 5.41) is 12.0. The molecule has 1 atom stereocenters. The minimum Gasteiger partial charge on any atom is -0.481 e. The molecule has 1 aliphatic rings. The molecule has 0 aromatic heterocycles. The zero-order valence-electron chi connectivity index (χ0n) is 23.9. The molecule has 3 aromatic rings. The molecule has 3 aromatic carbocycles. The SMILES string of the molecule is CCCS(=O)(=O)N(CCN(C)C)c1ccc(N=C(c2ccc(CCC(=O)O)cc2)C2C(=O)Nc3cc(Br)ccc32)cc1. The van der Waals surface area contributed by atoms with Crippen LogP contribution in [0.15, 0.2) is 76.2 Å². The van der Waals surface area contributed by atoms with Crippen LogP contribution in [0.25, 0.3) is 0 Å². The zero-order valence-corrected chi connectivity index (χ0v) is 26.3. The first-order valence-electron chi connectivity index (χ1n) is 13.7. The highest BCUT2D eigenvalue weighted by atomic mass is 79.9. The van der Waals surface area contributed by atoms with E-state index >= 15 is 0 Å². The van der Waals surface area contributed by atoms with Gasteiger partial charge in [0.2, 0.25) is 15.9 Å². The molecule has 1 amide bonds. The number of aliphatic imine (C=N–C) groups is 1. The van der Waals surface area contributed by atoms with Crippen molar-refractivity contribution in [2.45, 2.75) is 32.1 Å². The van der Waals surface area contributed by atoms with E-state index in [4.69, 9.17) is 10.1 Å². The number of carboxylic acid groups (broad SMARTS) is 1. The Morgan fingerprint density at radius 1 is 1.02 bits per heavy atom. The molecule has 11 heteroatoms. The Labute approximate surface area is 255 Å². The predicted octanol–water partition coefficient (Wildman–Crippen LogP) is 5.43. The van der Waals surface area contributed by atoms with Crippen LogP contribution in [-0.2, 0) is 26.0 Å². The average molecular weight is 656 g/mol. The van der Waals surface area contributed by atoms with Gasteiger partial charge in [0.1, 0.15) is 5.92 Å². The molecule has 2 N–H and O–H groups in total. The lowest BCUT2D eigenvalue weighted by atomic mass is 9.90. The van der Waals surface area contributed by atoms with Crippen molar-refractivity contribution in [1.82, 2.24) is 4.90 Å². The van der Waals surface area contributed by atoms with E-state index in [-0.39, 0.29) is 18.1 Å². The number of benzene rings is 3. The van der Waals surface area contributed by atoms with Gasteiger partial charge < -0.3 is 15.3 Å². The summed E-state index contributed by atoms with van der Waals surface area (Å²) < 4.78 is 28.4. The number of carboxylic acids is 1. The normalized spacial score (nSPS) is 15.0. The molecule has 0 radical (unpaired) electrons. The Kier molecular flexibility index (Phi) is 10.2. The van der Waals surface area contributed by atoms with E-state index in [1.54, 1.807) is 24.3 Å². The number of anilines is 2. The molecular formula is C31H35BrN4O5S. The first-order chi connectivity index (χ1) is 20.0. The number of fused-ring (bicyclic) bond motifs is 1. The number of hydrogen-bond donors (Lipinski definition) is 2. The topological polar surface area (TPSA) is 119 Å². The van der Waals surface area contributed by atoms with E-state index < -0.39 is 21.9 Å². The number of likely N-dealkylation sites (N-methyl/N-ethyl adjacent to an activating group) is 1. The van der Waals surface area contributed by atoms with Crippen molar-refractivity contribution in [3.8, 4) is 0 Å². The number of sulfonamides is 1. The lowest BCUT2D eigenvalue weighted by Gasteiger charge is -2.26. The molecular weight excluding hydrogens is 620 g/mol. The second-order valence-corrected chi connectivity index (χ2v) is 13.4. The van der Waals surface area contributed by atoms with Gasteiger partial charge in [-0.1, -0.05) is 53.2 Å². The van der Waals surface area contributed by atoms with Crippen LogP contribution in [0.2, 0.25) is 0 Å². The van der Waals surface area contributed by atoms with E-state index in [2.05, 4.69) is 21.2 Å². The summed E-state index contributed by atoms with van der Waals surface area (Å²) in [5.41, 5.74) is 4.77. The summed E-state index contributed by atoms with van der Waals surface area (Å²) in [6, 6.07) is 20.1. The van der Waals surface area contributed by atoms with Crippen molar-refractivity contribution < 1.29 is 23.1 Å². The van der Waals surface area contributed by atoms with Gasteiger partial charge in [0.05, 0.1) is 22.8 Å².